The molecule has 0 aliphatic heterocycles. The van der Waals surface area contributed by atoms with E-state index in [0.717, 1.165) is 18.4 Å². The van der Waals surface area contributed by atoms with Crippen molar-refractivity contribution in [1.82, 2.24) is 15.5 Å². The minimum Gasteiger partial charge on any atom is -0.461 e. The van der Waals surface area contributed by atoms with E-state index in [1.165, 1.54) is 0 Å². The highest BCUT2D eigenvalue weighted by molar-refractivity contribution is 6.30. The molecule has 1 atom stereocenters. The van der Waals surface area contributed by atoms with Gasteiger partial charge in [-0.2, -0.15) is 4.98 Å². The summed E-state index contributed by atoms with van der Waals surface area (Å²) < 4.78 is 10.4. The van der Waals surface area contributed by atoms with Crippen molar-refractivity contribution in [2.24, 2.45) is 5.92 Å². The van der Waals surface area contributed by atoms with Crippen LogP contribution >= 0.6 is 11.6 Å². The first-order valence-corrected chi connectivity index (χ1v) is 8.98. The number of aryl methyl sites for hydroxylation is 1. The molecule has 2 aromatic heterocycles. The van der Waals surface area contributed by atoms with E-state index in [1.807, 2.05) is 24.3 Å². The van der Waals surface area contributed by atoms with E-state index in [9.17, 15) is 4.79 Å². The molecular weight excluding hydrogens is 354 g/mol. The van der Waals surface area contributed by atoms with Crippen molar-refractivity contribution in [3.63, 3.8) is 0 Å². The maximum atomic E-state index is 12.4. The summed E-state index contributed by atoms with van der Waals surface area (Å²) in [7, 11) is 0. The molecule has 0 spiro atoms. The van der Waals surface area contributed by atoms with E-state index >= 15 is 0 Å². The van der Waals surface area contributed by atoms with Crippen molar-refractivity contribution in [2.75, 3.05) is 0 Å². The van der Waals surface area contributed by atoms with Crippen LogP contribution in [0.25, 0.3) is 11.6 Å². The lowest BCUT2D eigenvalue weighted by Gasteiger charge is -2.18. The third-order valence-corrected chi connectivity index (χ3v) is 4.67. The first kappa shape index (κ1) is 16.8. The normalized spacial score (nSPS) is 15.0. The lowest BCUT2D eigenvalue weighted by Crippen LogP contribution is -2.30. The molecule has 1 fully saturated rings. The van der Waals surface area contributed by atoms with Crippen molar-refractivity contribution in [3.05, 3.63) is 59.1 Å². The van der Waals surface area contributed by atoms with Gasteiger partial charge >= 0.3 is 0 Å². The van der Waals surface area contributed by atoms with Gasteiger partial charge in [-0.1, -0.05) is 28.9 Å². The molecule has 26 heavy (non-hydrogen) atoms. The van der Waals surface area contributed by atoms with E-state index in [0.29, 0.717) is 34.8 Å². The number of nitrogens with one attached hydrogen (secondary N) is 1. The van der Waals surface area contributed by atoms with E-state index in [-0.39, 0.29) is 18.4 Å². The van der Waals surface area contributed by atoms with Crippen molar-refractivity contribution >= 4 is 17.5 Å². The van der Waals surface area contributed by atoms with Crippen LogP contribution in [0, 0.1) is 5.92 Å². The Morgan fingerprint density at radius 3 is 2.77 bits per heavy atom. The highest BCUT2D eigenvalue weighted by Gasteiger charge is 2.33. The van der Waals surface area contributed by atoms with Crippen LogP contribution < -0.4 is 5.32 Å². The van der Waals surface area contributed by atoms with Gasteiger partial charge in [0.25, 0.3) is 0 Å². The minimum absolute atomic E-state index is 0.0288. The molecule has 134 valence electrons. The molecule has 0 bridgehead atoms. The average molecular weight is 372 g/mol. The second-order valence-corrected chi connectivity index (χ2v) is 6.86. The van der Waals surface area contributed by atoms with E-state index in [4.69, 9.17) is 20.5 Å². The first-order chi connectivity index (χ1) is 12.7. The van der Waals surface area contributed by atoms with Crippen LogP contribution in [0.1, 0.15) is 36.8 Å². The Balaban J connectivity index is 1.35. The van der Waals surface area contributed by atoms with Gasteiger partial charge in [-0.3, -0.25) is 4.79 Å². The number of halogens is 1. The largest absolute Gasteiger partial charge is 0.461 e. The SMILES string of the molecule is O=C(CCc1nc(-c2ccco2)no1)NC(c1ccc(Cl)cc1)C1CC1. The van der Waals surface area contributed by atoms with Crippen LogP contribution in [-0.2, 0) is 11.2 Å². The zero-order valence-electron chi connectivity index (χ0n) is 14.0. The van der Waals surface area contributed by atoms with Crippen LogP contribution in [-0.4, -0.2) is 16.0 Å². The Labute approximate surface area is 155 Å². The summed E-state index contributed by atoms with van der Waals surface area (Å²) in [5, 5.41) is 7.69. The zero-order valence-corrected chi connectivity index (χ0v) is 14.8. The minimum atomic E-state index is -0.0328. The summed E-state index contributed by atoms with van der Waals surface area (Å²) in [6.45, 7) is 0. The lowest BCUT2D eigenvalue weighted by molar-refractivity contribution is -0.122. The molecule has 1 aliphatic carbocycles. The van der Waals surface area contributed by atoms with Crippen LogP contribution in [0.15, 0.2) is 51.6 Å². The first-order valence-electron chi connectivity index (χ1n) is 8.60. The number of carbonyl (C=O) groups excluding carboxylic acids is 1. The molecule has 3 aromatic rings. The molecule has 1 saturated carbocycles. The third-order valence-electron chi connectivity index (χ3n) is 4.41. The van der Waals surface area contributed by atoms with Gasteiger partial charge in [0.05, 0.1) is 12.3 Å². The maximum Gasteiger partial charge on any atom is 0.238 e. The Kier molecular flexibility index (Phi) is 4.75. The molecule has 1 amide bonds. The summed E-state index contributed by atoms with van der Waals surface area (Å²) in [5.74, 6) is 1.81. The number of rotatable bonds is 7. The highest BCUT2D eigenvalue weighted by Crippen LogP contribution is 2.41. The molecule has 1 unspecified atom stereocenters. The van der Waals surface area contributed by atoms with Crippen LogP contribution in [0.5, 0.6) is 0 Å². The fourth-order valence-electron chi connectivity index (χ4n) is 2.90. The number of hydrogen-bond donors (Lipinski definition) is 1. The van der Waals surface area contributed by atoms with Crippen LogP contribution in [0.3, 0.4) is 0 Å². The van der Waals surface area contributed by atoms with Crippen molar-refractivity contribution in [3.8, 4) is 11.6 Å². The number of nitrogens with zero attached hydrogens (tertiary/aromatic N) is 2. The van der Waals surface area contributed by atoms with E-state index < -0.39 is 0 Å². The highest BCUT2D eigenvalue weighted by atomic mass is 35.5. The molecule has 1 N–H and O–H groups in total. The third kappa shape index (κ3) is 3.96. The summed E-state index contributed by atoms with van der Waals surface area (Å²) in [5.41, 5.74) is 1.09. The van der Waals surface area contributed by atoms with E-state index in [1.54, 1.807) is 18.4 Å². The molecule has 6 nitrogen and oxygen atoms in total. The second-order valence-electron chi connectivity index (χ2n) is 6.42. The Morgan fingerprint density at radius 1 is 1.27 bits per heavy atom. The molecule has 1 aromatic carbocycles. The fourth-order valence-corrected chi connectivity index (χ4v) is 3.03. The van der Waals surface area contributed by atoms with Gasteiger partial charge in [0.2, 0.25) is 17.6 Å². The Bertz CT molecular complexity index is 870. The summed E-state index contributed by atoms with van der Waals surface area (Å²) in [4.78, 5) is 16.6. The van der Waals surface area contributed by atoms with Crippen LogP contribution in [0.2, 0.25) is 5.02 Å². The summed E-state index contributed by atoms with van der Waals surface area (Å²) in [6, 6.07) is 11.2. The number of amides is 1. The summed E-state index contributed by atoms with van der Waals surface area (Å²) >= 11 is 5.96. The number of benzene rings is 1. The van der Waals surface area contributed by atoms with Gasteiger partial charge in [-0.25, -0.2) is 0 Å². The topological polar surface area (TPSA) is 81.2 Å². The molecule has 7 heteroatoms. The number of carbonyl (C=O) groups is 1. The number of furan rings is 1. The monoisotopic (exact) mass is 371 g/mol. The molecular formula is C19H18ClN3O3. The van der Waals surface area contributed by atoms with Gasteiger partial charge < -0.3 is 14.3 Å². The van der Waals surface area contributed by atoms with Crippen LogP contribution in [0.4, 0.5) is 0 Å². The maximum absolute atomic E-state index is 12.4. The Morgan fingerprint density at radius 2 is 2.08 bits per heavy atom. The van der Waals surface area contributed by atoms with Gasteiger partial charge in [0.15, 0.2) is 5.76 Å². The van der Waals surface area contributed by atoms with Gasteiger partial charge in [0.1, 0.15) is 0 Å². The van der Waals surface area contributed by atoms with Crippen molar-refractivity contribution < 1.29 is 13.7 Å². The second kappa shape index (κ2) is 7.33. The van der Waals surface area contributed by atoms with Gasteiger partial charge in [-0.15, -0.1) is 0 Å². The van der Waals surface area contributed by atoms with Crippen molar-refractivity contribution in [1.29, 1.82) is 0 Å². The van der Waals surface area contributed by atoms with Crippen molar-refractivity contribution in [2.45, 2.75) is 31.7 Å². The number of hydrogen-bond acceptors (Lipinski definition) is 5. The summed E-state index contributed by atoms with van der Waals surface area (Å²) in [6.07, 6.45) is 4.48. The number of aromatic nitrogens is 2. The van der Waals surface area contributed by atoms with Gasteiger partial charge in [0, 0.05) is 17.9 Å². The molecule has 0 radical (unpaired) electrons. The Hall–Kier alpha value is -2.60. The molecule has 0 saturated heterocycles. The molecule has 2 heterocycles. The fraction of sp³-hybridized carbons (Fsp3) is 0.316. The molecule has 4 rings (SSSR count). The van der Waals surface area contributed by atoms with E-state index in [2.05, 4.69) is 15.5 Å². The molecule has 1 aliphatic rings. The zero-order chi connectivity index (χ0) is 17.9. The smallest absolute Gasteiger partial charge is 0.238 e. The predicted molar refractivity (Wildman–Crippen MR) is 95.4 cm³/mol. The van der Waals surface area contributed by atoms with Gasteiger partial charge in [-0.05, 0) is 48.6 Å². The lowest BCUT2D eigenvalue weighted by atomic mass is 10.0. The quantitative estimate of drug-likeness (QED) is 0.673. The average Bonchev–Trinajstić information content (AvgIpc) is 3.14. The standard InChI is InChI=1S/C19H18ClN3O3/c20-14-7-5-13(6-8-14)18(12-3-4-12)21-16(24)9-10-17-22-19(23-26-17)15-2-1-11-25-15/h1-2,5-8,11-12,18H,3-4,9-10H2,(H,21,24). The predicted octanol–water partition coefficient (Wildman–Crippen LogP) is 4.18.